The third kappa shape index (κ3) is 10.9. The highest BCUT2D eigenvalue weighted by atomic mass is 31.2. The average Bonchev–Trinajstić information content (AvgIpc) is 2.86. The summed E-state index contributed by atoms with van der Waals surface area (Å²) in [6.07, 6.45) is -0.692. The summed E-state index contributed by atoms with van der Waals surface area (Å²) in [5, 5.41) is 17.8. The van der Waals surface area contributed by atoms with Crippen molar-refractivity contribution in [1.29, 1.82) is 0 Å². The van der Waals surface area contributed by atoms with E-state index in [-0.39, 0.29) is 51.3 Å². The van der Waals surface area contributed by atoms with Crippen molar-refractivity contribution in [2.24, 2.45) is 5.92 Å². The fraction of sp³-hybridized carbons (Fsp3) is 0.870. The Kier molecular flexibility index (Phi) is 14.3. The van der Waals surface area contributed by atoms with Crippen molar-refractivity contribution in [3.8, 4) is 0 Å². The van der Waals surface area contributed by atoms with Gasteiger partial charge in [-0.05, 0) is 41.5 Å². The number of carboxylic acid groups (broad SMARTS) is 1. The van der Waals surface area contributed by atoms with Gasteiger partial charge in [-0.15, -0.1) is 27.1 Å². The molecule has 17 nitrogen and oxygen atoms in total. The van der Waals surface area contributed by atoms with Gasteiger partial charge in [0.2, 0.25) is 11.8 Å². The molecule has 1 atom stereocenters. The van der Waals surface area contributed by atoms with Crippen molar-refractivity contribution >= 4 is 41.6 Å². The number of amides is 2. The van der Waals surface area contributed by atoms with E-state index in [0.29, 0.717) is 19.8 Å². The summed E-state index contributed by atoms with van der Waals surface area (Å²) in [6, 6.07) is 0. The Bertz CT molecular complexity index is 890. The fourth-order valence-corrected chi connectivity index (χ4v) is 11.4. The summed E-state index contributed by atoms with van der Waals surface area (Å²) < 4.78 is 51.6. The van der Waals surface area contributed by atoms with Crippen LogP contribution in [0.3, 0.4) is 0 Å². The van der Waals surface area contributed by atoms with E-state index in [1.807, 2.05) is 20.8 Å². The van der Waals surface area contributed by atoms with Crippen molar-refractivity contribution in [2.75, 3.05) is 64.9 Å². The molecule has 3 saturated heterocycles. The minimum absolute atomic E-state index is 0.0928. The molecular weight excluding hydrogens is 633 g/mol. The van der Waals surface area contributed by atoms with E-state index in [4.69, 9.17) is 40.7 Å². The van der Waals surface area contributed by atoms with E-state index in [0.717, 1.165) is 0 Å². The Morgan fingerprint density at radius 2 is 1.16 bits per heavy atom. The van der Waals surface area contributed by atoms with Gasteiger partial charge < -0.3 is 15.7 Å². The monoisotopic (exact) mass is 679 g/mol. The van der Waals surface area contributed by atoms with Gasteiger partial charge in [-0.1, -0.05) is 0 Å². The van der Waals surface area contributed by atoms with E-state index < -0.39 is 60.1 Å². The molecule has 0 aromatic carbocycles. The van der Waals surface area contributed by atoms with Gasteiger partial charge in [-0.3, -0.25) is 19.7 Å². The summed E-state index contributed by atoms with van der Waals surface area (Å²) in [5.41, 5.74) is 0. The van der Waals surface area contributed by atoms with Crippen LogP contribution in [0.25, 0.3) is 0 Å². The van der Waals surface area contributed by atoms with Crippen molar-refractivity contribution < 1.29 is 60.2 Å². The third-order valence-corrected chi connectivity index (χ3v) is 13.7. The molecule has 20 heteroatoms. The fourth-order valence-electron chi connectivity index (χ4n) is 4.47. The van der Waals surface area contributed by atoms with Crippen molar-refractivity contribution in [1.82, 2.24) is 20.9 Å². The molecule has 0 aromatic heterocycles. The van der Waals surface area contributed by atoms with Crippen LogP contribution in [0.5, 0.6) is 0 Å². The molecule has 43 heavy (non-hydrogen) atoms. The van der Waals surface area contributed by atoms with Crippen molar-refractivity contribution in [3.63, 3.8) is 0 Å². The maximum absolute atomic E-state index is 13.0. The predicted octanol–water partition coefficient (Wildman–Crippen LogP) is 2.26. The summed E-state index contributed by atoms with van der Waals surface area (Å²) in [7, 11) is -7.92. The van der Waals surface area contributed by atoms with Gasteiger partial charge in [0.05, 0.1) is 38.8 Å². The first kappa shape index (κ1) is 36.7. The summed E-state index contributed by atoms with van der Waals surface area (Å²) in [6.45, 7) is 11.2. The average molecular weight is 680 g/mol. The quantitative estimate of drug-likeness (QED) is 0.129. The lowest BCUT2D eigenvalue weighted by molar-refractivity contribution is -0.141. The number of hydrogen-bond donors (Lipinski definition) is 4. The normalized spacial score (nSPS) is 32.3. The van der Waals surface area contributed by atoms with E-state index in [1.54, 1.807) is 25.7 Å². The topological polar surface area (TPSA) is 194 Å². The van der Waals surface area contributed by atoms with E-state index in [1.165, 1.54) is 0 Å². The second-order valence-electron chi connectivity index (χ2n) is 9.76. The molecule has 2 amide bonds. The number of carbonyl (C=O) groups is 3. The Morgan fingerprint density at radius 3 is 1.58 bits per heavy atom. The smallest absolute Gasteiger partial charge is 0.432 e. The van der Waals surface area contributed by atoms with Crippen LogP contribution in [0, 0.1) is 5.92 Å². The van der Waals surface area contributed by atoms with Crippen LogP contribution in [-0.4, -0.2) is 112 Å². The molecule has 3 fully saturated rings. The van der Waals surface area contributed by atoms with Crippen LogP contribution in [-0.2, 0) is 55.1 Å². The lowest BCUT2D eigenvalue weighted by atomic mass is 10.1. The van der Waals surface area contributed by atoms with Crippen LogP contribution < -0.4 is 16.0 Å². The number of carbonyl (C=O) groups excluding carboxylic acids is 2. The zero-order chi connectivity index (χ0) is 31.7. The molecule has 3 rings (SSSR count). The lowest BCUT2D eigenvalue weighted by Gasteiger charge is -2.38. The molecule has 0 radical (unpaired) electrons. The molecule has 3 aliphatic rings. The van der Waals surface area contributed by atoms with E-state index in [2.05, 4.69) is 16.0 Å². The summed E-state index contributed by atoms with van der Waals surface area (Å²) >= 11 is 0. The van der Waals surface area contributed by atoms with Gasteiger partial charge >= 0.3 is 29.8 Å². The van der Waals surface area contributed by atoms with Gasteiger partial charge in [-0.25, -0.2) is 4.90 Å². The minimum Gasteiger partial charge on any atom is -0.481 e. The molecule has 0 bridgehead atoms. The number of nitrogens with zero attached hydrogens (tertiary/aromatic N) is 1. The Labute approximate surface area is 253 Å². The summed E-state index contributed by atoms with van der Waals surface area (Å²) in [4.78, 5) is 38.9. The highest BCUT2D eigenvalue weighted by Gasteiger charge is 2.64. The molecule has 0 aromatic rings. The van der Waals surface area contributed by atoms with Crippen molar-refractivity contribution in [2.45, 2.75) is 60.4 Å². The zero-order valence-corrected chi connectivity index (χ0v) is 28.2. The standard InChI is InChI=1S/C23H43N4O13P3/c1-7-32-41(35-17(4)36-41)14-24-12-21(28)25-10-20(23(30)31)11-26-22(29)13-27(15-42(33-8-2)37-18(5)38-42)16-43(34-9-3)39-19(6)40-43/h17-20,24H,7-16H2,1-6H3/p+3. The molecule has 3 heterocycles. The highest BCUT2D eigenvalue weighted by Crippen LogP contribution is 2.74. The van der Waals surface area contributed by atoms with Gasteiger partial charge in [0.1, 0.15) is 0 Å². The molecule has 0 saturated carbocycles. The van der Waals surface area contributed by atoms with E-state index in [9.17, 15) is 19.5 Å². The van der Waals surface area contributed by atoms with Crippen molar-refractivity contribution in [3.05, 3.63) is 0 Å². The Balaban J connectivity index is 1.49. The van der Waals surface area contributed by atoms with Crippen LogP contribution in [0.15, 0.2) is 0 Å². The SMILES string of the molecule is CCO[P+]1(CNCC(=O)NCC(CNC(=O)CN(C[P+]2(OCC)OC(C)O2)C[P+]2(OCC)OC(C)O2)C(=O)O)OC(C)O1. The lowest BCUT2D eigenvalue weighted by Crippen LogP contribution is -2.47. The zero-order valence-electron chi connectivity index (χ0n) is 25.5. The Hall–Kier alpha value is -0.740. The molecule has 3 aliphatic heterocycles. The van der Waals surface area contributed by atoms with E-state index >= 15 is 0 Å². The third-order valence-electron chi connectivity index (χ3n) is 5.98. The second kappa shape index (κ2) is 16.7. The molecule has 248 valence electrons. The highest BCUT2D eigenvalue weighted by molar-refractivity contribution is 7.63. The van der Waals surface area contributed by atoms with Crippen LogP contribution >= 0.6 is 23.8 Å². The number of rotatable bonds is 21. The second-order valence-corrected chi connectivity index (χ2v) is 16.3. The first-order valence-electron chi connectivity index (χ1n) is 14.2. The number of aliphatic carboxylic acids is 1. The van der Waals surface area contributed by atoms with Gasteiger partial charge in [0.15, 0.2) is 18.9 Å². The largest absolute Gasteiger partial charge is 0.481 e. The number of hydrogen-bond acceptors (Lipinski definition) is 14. The van der Waals surface area contributed by atoms with Gasteiger partial charge in [0.25, 0.3) is 18.9 Å². The maximum Gasteiger partial charge on any atom is 0.432 e. The number of carboxylic acids is 1. The number of nitrogens with one attached hydrogen (secondary N) is 3. The van der Waals surface area contributed by atoms with Crippen LogP contribution in [0.4, 0.5) is 0 Å². The maximum atomic E-state index is 13.0. The van der Waals surface area contributed by atoms with Crippen LogP contribution in [0.2, 0.25) is 0 Å². The van der Waals surface area contributed by atoms with Gasteiger partial charge in [-0.2, -0.15) is 13.6 Å². The summed E-state index contributed by atoms with van der Waals surface area (Å²) in [5.74, 6) is -3.11. The molecular formula is C23H46N4O13P3+3. The molecule has 0 aliphatic carbocycles. The molecule has 1 unspecified atom stereocenters. The first-order chi connectivity index (χ1) is 20.4. The Morgan fingerprint density at radius 1 is 0.744 bits per heavy atom. The molecule has 0 spiro atoms. The first-order valence-corrected chi connectivity index (χ1v) is 19.4. The minimum atomic E-state index is -2.72. The van der Waals surface area contributed by atoms with Crippen LogP contribution in [0.1, 0.15) is 41.5 Å². The predicted molar refractivity (Wildman–Crippen MR) is 157 cm³/mol. The van der Waals surface area contributed by atoms with Gasteiger partial charge in [0, 0.05) is 13.1 Å². The molecule has 4 N–H and O–H groups in total.